The fourth-order valence-electron chi connectivity index (χ4n) is 7.09. The third-order valence-electron chi connectivity index (χ3n) is 8.99. The lowest BCUT2D eigenvalue weighted by atomic mass is 9.72. The van der Waals surface area contributed by atoms with Crippen LogP contribution < -0.4 is 14.9 Å². The standard InChI is InChI=1S/C33H36NSi/c1-23-12-6-7-13-26(23)30-20-24(2)27(22-34(30)3)25-16-17-32-29(21-25)33(18-10-11-19-33)28-14-8-9-15-31(28)35(32,4)5/h6-9,12-17,20-22H,10-11,18-19H2,1-5H3/q+1. The normalized spacial score (nSPS) is 17.3. The van der Waals surface area contributed by atoms with Crippen molar-refractivity contribution in [2.45, 2.75) is 58.0 Å². The van der Waals surface area contributed by atoms with Crippen molar-refractivity contribution in [3.05, 3.63) is 101 Å². The molecule has 0 radical (unpaired) electrons. The van der Waals surface area contributed by atoms with Crippen LogP contribution in [-0.2, 0) is 12.5 Å². The fourth-order valence-corrected chi connectivity index (χ4v) is 10.4. The van der Waals surface area contributed by atoms with Gasteiger partial charge < -0.3 is 0 Å². The molecule has 1 fully saturated rings. The molecule has 1 aliphatic carbocycles. The molecule has 0 unspecified atom stereocenters. The number of hydrogen-bond donors (Lipinski definition) is 0. The van der Waals surface area contributed by atoms with Crippen molar-refractivity contribution in [1.29, 1.82) is 0 Å². The summed E-state index contributed by atoms with van der Waals surface area (Å²) >= 11 is 0. The van der Waals surface area contributed by atoms with Crippen molar-refractivity contribution >= 4 is 18.4 Å². The molecule has 2 aliphatic rings. The Morgan fingerprint density at radius 2 is 1.40 bits per heavy atom. The molecule has 1 nitrogen and oxygen atoms in total. The predicted molar refractivity (Wildman–Crippen MR) is 150 cm³/mol. The second kappa shape index (κ2) is 8.03. The van der Waals surface area contributed by atoms with Crippen LogP contribution in [0.25, 0.3) is 22.4 Å². The van der Waals surface area contributed by atoms with E-state index in [9.17, 15) is 0 Å². The molecule has 0 atom stereocenters. The maximum absolute atomic E-state index is 2.58. The van der Waals surface area contributed by atoms with E-state index in [2.05, 4.69) is 118 Å². The van der Waals surface area contributed by atoms with E-state index in [-0.39, 0.29) is 5.41 Å². The van der Waals surface area contributed by atoms with Crippen LogP contribution in [0.5, 0.6) is 0 Å². The summed E-state index contributed by atoms with van der Waals surface area (Å²) in [6.45, 7) is 9.57. The van der Waals surface area contributed by atoms with Gasteiger partial charge in [0.2, 0.25) is 5.69 Å². The minimum absolute atomic E-state index is 0.196. The van der Waals surface area contributed by atoms with E-state index in [1.807, 2.05) is 0 Å². The Balaban J connectivity index is 1.53. The number of rotatable bonds is 2. The van der Waals surface area contributed by atoms with Crippen molar-refractivity contribution in [3.8, 4) is 22.4 Å². The summed E-state index contributed by atoms with van der Waals surface area (Å²) in [7, 11) is 0.450. The van der Waals surface area contributed by atoms with Gasteiger partial charge in [0.15, 0.2) is 6.20 Å². The van der Waals surface area contributed by atoms with E-state index in [0.717, 1.165) is 0 Å². The highest BCUT2D eigenvalue weighted by Gasteiger charge is 2.48. The van der Waals surface area contributed by atoms with Gasteiger partial charge in [-0.05, 0) is 60.6 Å². The molecule has 0 saturated heterocycles. The fraction of sp³-hybridized carbons (Fsp3) is 0.303. The number of nitrogens with zero attached hydrogens (tertiary/aromatic N) is 1. The molecule has 2 heterocycles. The summed E-state index contributed by atoms with van der Waals surface area (Å²) in [5, 5.41) is 3.31. The molecule has 6 rings (SSSR count). The molecule has 1 saturated carbocycles. The van der Waals surface area contributed by atoms with Gasteiger partial charge in [0.05, 0.1) is 0 Å². The minimum Gasteiger partial charge on any atom is -0.200 e. The molecular formula is C33H36NSi+. The molecule has 1 aliphatic heterocycles. The number of aryl methyl sites for hydroxylation is 3. The molecule has 0 amide bonds. The van der Waals surface area contributed by atoms with Crippen LogP contribution in [0.3, 0.4) is 0 Å². The Morgan fingerprint density at radius 3 is 2.17 bits per heavy atom. The summed E-state index contributed by atoms with van der Waals surface area (Å²) < 4.78 is 2.31. The highest BCUT2D eigenvalue weighted by atomic mass is 28.3. The first-order valence-electron chi connectivity index (χ1n) is 13.1. The van der Waals surface area contributed by atoms with E-state index in [1.54, 1.807) is 21.5 Å². The summed E-state index contributed by atoms with van der Waals surface area (Å²) in [4.78, 5) is 0. The number of aromatic nitrogens is 1. The molecule has 35 heavy (non-hydrogen) atoms. The van der Waals surface area contributed by atoms with Gasteiger partial charge in [0, 0.05) is 22.6 Å². The van der Waals surface area contributed by atoms with E-state index < -0.39 is 8.07 Å². The van der Waals surface area contributed by atoms with E-state index >= 15 is 0 Å². The monoisotopic (exact) mass is 474 g/mol. The first kappa shape index (κ1) is 22.5. The Hall–Kier alpha value is -2.97. The molecule has 4 aromatic rings. The topological polar surface area (TPSA) is 3.88 Å². The Morgan fingerprint density at radius 1 is 0.714 bits per heavy atom. The summed E-state index contributed by atoms with van der Waals surface area (Å²) in [6.07, 6.45) is 7.57. The molecule has 2 heteroatoms. The molecule has 1 aromatic heterocycles. The molecule has 3 aromatic carbocycles. The third-order valence-corrected chi connectivity index (χ3v) is 12.6. The predicted octanol–water partition coefficient (Wildman–Crippen LogP) is 6.46. The van der Waals surface area contributed by atoms with E-state index in [1.165, 1.54) is 59.2 Å². The number of fused-ring (bicyclic) bond motifs is 4. The van der Waals surface area contributed by atoms with Crippen LogP contribution in [-0.4, -0.2) is 8.07 Å². The van der Waals surface area contributed by atoms with Crippen molar-refractivity contribution in [3.63, 3.8) is 0 Å². The lowest BCUT2D eigenvalue weighted by molar-refractivity contribution is -0.660. The average molecular weight is 475 g/mol. The Bertz CT molecular complexity index is 1460. The summed E-state index contributed by atoms with van der Waals surface area (Å²) in [5.41, 5.74) is 11.4. The van der Waals surface area contributed by atoms with Crippen LogP contribution in [0.1, 0.15) is 47.9 Å². The van der Waals surface area contributed by atoms with Crippen molar-refractivity contribution in [2.75, 3.05) is 0 Å². The van der Waals surface area contributed by atoms with Gasteiger partial charge in [-0.2, -0.15) is 0 Å². The zero-order chi connectivity index (χ0) is 24.4. The molecule has 1 spiro atoms. The third kappa shape index (κ3) is 3.30. The van der Waals surface area contributed by atoms with Crippen molar-refractivity contribution < 1.29 is 4.57 Å². The van der Waals surface area contributed by atoms with Crippen LogP contribution >= 0.6 is 0 Å². The Labute approximate surface area is 211 Å². The van der Waals surface area contributed by atoms with E-state index in [0.29, 0.717) is 0 Å². The maximum atomic E-state index is 2.58. The number of benzene rings is 3. The van der Waals surface area contributed by atoms with Crippen LogP contribution in [0.2, 0.25) is 13.1 Å². The average Bonchev–Trinajstić information content (AvgIpc) is 3.35. The first-order chi connectivity index (χ1) is 16.8. The van der Waals surface area contributed by atoms with Gasteiger partial charge in [0.1, 0.15) is 15.1 Å². The van der Waals surface area contributed by atoms with Gasteiger partial charge in [-0.15, -0.1) is 0 Å². The number of pyridine rings is 1. The second-order valence-electron chi connectivity index (χ2n) is 11.4. The van der Waals surface area contributed by atoms with Crippen molar-refractivity contribution in [1.82, 2.24) is 0 Å². The maximum Gasteiger partial charge on any atom is 0.212 e. The quantitative estimate of drug-likeness (QED) is 0.232. The van der Waals surface area contributed by atoms with E-state index in [4.69, 9.17) is 0 Å². The largest absolute Gasteiger partial charge is 0.212 e. The Kier molecular flexibility index (Phi) is 5.16. The van der Waals surface area contributed by atoms with Gasteiger partial charge in [0.25, 0.3) is 0 Å². The first-order valence-corrected chi connectivity index (χ1v) is 16.1. The lowest BCUT2D eigenvalue weighted by Crippen LogP contribution is -2.62. The van der Waals surface area contributed by atoms with Crippen LogP contribution in [0.15, 0.2) is 79.0 Å². The van der Waals surface area contributed by atoms with Gasteiger partial charge >= 0.3 is 0 Å². The molecular weight excluding hydrogens is 438 g/mol. The van der Waals surface area contributed by atoms with Crippen molar-refractivity contribution in [2.24, 2.45) is 7.05 Å². The number of hydrogen-bond acceptors (Lipinski definition) is 0. The van der Waals surface area contributed by atoms with Gasteiger partial charge in [-0.25, -0.2) is 4.57 Å². The summed E-state index contributed by atoms with van der Waals surface area (Å²) in [5.74, 6) is 0. The van der Waals surface area contributed by atoms with Gasteiger partial charge in [-0.1, -0.05) is 97.0 Å². The second-order valence-corrected chi connectivity index (χ2v) is 15.7. The van der Waals surface area contributed by atoms with Crippen LogP contribution in [0, 0.1) is 13.8 Å². The van der Waals surface area contributed by atoms with Gasteiger partial charge in [-0.3, -0.25) is 0 Å². The highest BCUT2D eigenvalue weighted by Crippen LogP contribution is 2.48. The minimum atomic E-state index is -1.74. The zero-order valence-corrected chi connectivity index (χ0v) is 22.8. The lowest BCUT2D eigenvalue weighted by Gasteiger charge is -2.45. The molecule has 0 bridgehead atoms. The summed E-state index contributed by atoms with van der Waals surface area (Å²) in [6, 6.07) is 28.0. The SMILES string of the molecule is Cc1cc(-c2ccccc2C)[n+](C)cc1-c1ccc2c(c1)C1(CCCC1)c1ccccc1[Si]2(C)C. The van der Waals surface area contributed by atoms with Crippen LogP contribution in [0.4, 0.5) is 0 Å². The highest BCUT2D eigenvalue weighted by molar-refractivity contribution is 7.01. The molecule has 176 valence electrons. The molecule has 0 N–H and O–H groups in total. The zero-order valence-electron chi connectivity index (χ0n) is 21.8. The smallest absolute Gasteiger partial charge is 0.200 e.